The Bertz CT molecular complexity index is 945. The number of halogens is 2. The fourth-order valence-electron chi connectivity index (χ4n) is 3.19. The highest BCUT2D eigenvalue weighted by Gasteiger charge is 2.34. The second-order valence-electron chi connectivity index (χ2n) is 7.75. The minimum absolute atomic E-state index is 0.198. The first-order chi connectivity index (χ1) is 13.7. The van der Waals surface area contributed by atoms with E-state index in [1.165, 1.54) is 17.4 Å². The number of rotatable bonds is 6. The van der Waals surface area contributed by atoms with E-state index in [0.717, 1.165) is 3.57 Å². The van der Waals surface area contributed by atoms with E-state index in [1.54, 1.807) is 12.1 Å². The molecule has 29 heavy (non-hydrogen) atoms. The lowest BCUT2D eigenvalue weighted by atomic mass is 9.85. The number of carbonyl (C=O) groups excluding carboxylic acids is 2. The third-order valence-corrected chi connectivity index (χ3v) is 6.48. The highest BCUT2D eigenvalue weighted by molar-refractivity contribution is 14.1. The second-order valence-corrected chi connectivity index (χ2v) is 10.0. The van der Waals surface area contributed by atoms with Crippen LogP contribution in [0.1, 0.15) is 39.4 Å². The normalized spacial score (nSPS) is 15.3. The van der Waals surface area contributed by atoms with Gasteiger partial charge in [-0.05, 0) is 65.2 Å². The van der Waals surface area contributed by atoms with E-state index in [-0.39, 0.29) is 22.9 Å². The van der Waals surface area contributed by atoms with Crippen LogP contribution in [0.5, 0.6) is 0 Å². The van der Waals surface area contributed by atoms with Crippen LogP contribution >= 0.6 is 33.9 Å². The lowest BCUT2D eigenvalue weighted by molar-refractivity contribution is 0.0945. The summed E-state index contributed by atoms with van der Waals surface area (Å²) in [6.07, 6.45) is 0.573. The van der Waals surface area contributed by atoms with Crippen LogP contribution in [-0.4, -0.2) is 38.5 Å². The molecule has 0 saturated carbocycles. The summed E-state index contributed by atoms with van der Waals surface area (Å²) in [5, 5.41) is 12.3. The number of anilines is 2. The Hall–Kier alpha value is -1.72. The molecule has 1 aromatic heterocycles. The number of carbonyl (C=O) groups is 2. The summed E-state index contributed by atoms with van der Waals surface area (Å²) in [6.45, 7) is 5.71. The van der Waals surface area contributed by atoms with Crippen molar-refractivity contribution >= 4 is 56.4 Å². The Morgan fingerprint density at radius 1 is 1.34 bits per heavy atom. The first-order valence-corrected chi connectivity index (χ1v) is 11.2. The van der Waals surface area contributed by atoms with E-state index in [1.807, 2.05) is 29.6 Å². The number of thiophene rings is 1. The Labute approximate surface area is 187 Å². The van der Waals surface area contributed by atoms with Gasteiger partial charge in [0.15, 0.2) is 0 Å². The molecule has 3 rings (SSSR count). The van der Waals surface area contributed by atoms with Gasteiger partial charge in [-0.25, -0.2) is 4.39 Å². The number of hydrogen-bond acceptors (Lipinski definition) is 5. The fraction of sp³-hybridized carbons (Fsp3) is 0.400. The van der Waals surface area contributed by atoms with Gasteiger partial charge < -0.3 is 21.3 Å². The molecule has 0 atom stereocenters. The van der Waals surface area contributed by atoms with E-state index in [2.05, 4.69) is 35.1 Å². The molecule has 0 saturated heterocycles. The van der Waals surface area contributed by atoms with Gasteiger partial charge in [0.1, 0.15) is 10.8 Å². The molecule has 1 aromatic carbocycles. The summed E-state index contributed by atoms with van der Waals surface area (Å²) in [5.41, 5.74) is 1.20. The molecule has 0 unspecified atom stereocenters. The van der Waals surface area contributed by atoms with Crippen LogP contribution in [-0.2, 0) is 6.42 Å². The first-order valence-electron chi connectivity index (χ1n) is 9.30. The van der Waals surface area contributed by atoms with Crippen LogP contribution in [0.4, 0.5) is 15.1 Å². The zero-order chi connectivity index (χ0) is 21.2. The monoisotopic (exact) mass is 530 g/mol. The van der Waals surface area contributed by atoms with Crippen molar-refractivity contribution in [1.82, 2.24) is 16.0 Å². The largest absolute Gasteiger partial charge is 0.351 e. The summed E-state index contributed by atoms with van der Waals surface area (Å²) in [4.78, 5) is 26.2. The summed E-state index contributed by atoms with van der Waals surface area (Å²) < 4.78 is 15.2. The number of amides is 2. The van der Waals surface area contributed by atoms with Crippen molar-refractivity contribution in [3.05, 3.63) is 43.6 Å². The molecule has 2 amide bonds. The van der Waals surface area contributed by atoms with E-state index < -0.39 is 5.82 Å². The van der Waals surface area contributed by atoms with E-state index >= 15 is 0 Å². The lowest BCUT2D eigenvalue weighted by Crippen LogP contribution is -2.32. The molecular weight excluding hydrogens is 506 g/mol. The van der Waals surface area contributed by atoms with Gasteiger partial charge in [-0.1, -0.05) is 13.8 Å². The van der Waals surface area contributed by atoms with Crippen LogP contribution in [0.2, 0.25) is 0 Å². The molecule has 4 N–H and O–H groups in total. The Balaban J connectivity index is 2.06. The third kappa shape index (κ3) is 5.07. The Morgan fingerprint density at radius 3 is 2.79 bits per heavy atom. The van der Waals surface area contributed by atoms with Crippen molar-refractivity contribution < 1.29 is 14.0 Å². The molecule has 0 fully saturated rings. The predicted octanol–water partition coefficient (Wildman–Crippen LogP) is 3.50. The van der Waals surface area contributed by atoms with Gasteiger partial charge in [0.25, 0.3) is 11.8 Å². The van der Waals surface area contributed by atoms with Crippen molar-refractivity contribution in [2.24, 2.45) is 5.41 Å². The first kappa shape index (κ1) is 22.0. The Morgan fingerprint density at radius 2 is 2.10 bits per heavy atom. The van der Waals surface area contributed by atoms with Crippen molar-refractivity contribution in [2.75, 3.05) is 32.0 Å². The van der Waals surface area contributed by atoms with Gasteiger partial charge in [0, 0.05) is 23.2 Å². The predicted molar refractivity (Wildman–Crippen MR) is 123 cm³/mol. The van der Waals surface area contributed by atoms with Crippen LogP contribution < -0.4 is 21.3 Å². The van der Waals surface area contributed by atoms with Gasteiger partial charge >= 0.3 is 0 Å². The van der Waals surface area contributed by atoms with Crippen LogP contribution in [0.3, 0.4) is 0 Å². The molecular formula is C20H24FIN4O2S. The smallest absolute Gasteiger partial charge is 0.261 e. The molecule has 0 spiro atoms. The van der Waals surface area contributed by atoms with Crippen molar-refractivity contribution in [3.8, 4) is 0 Å². The van der Waals surface area contributed by atoms with Crippen molar-refractivity contribution in [3.63, 3.8) is 0 Å². The van der Waals surface area contributed by atoms with Gasteiger partial charge in [0.05, 0.1) is 16.1 Å². The molecule has 2 aromatic rings. The summed E-state index contributed by atoms with van der Waals surface area (Å²) in [6, 6.07) is 4.84. The molecule has 156 valence electrons. The molecule has 1 aliphatic rings. The summed E-state index contributed by atoms with van der Waals surface area (Å²) >= 11 is 3.23. The van der Waals surface area contributed by atoms with Crippen LogP contribution in [0.15, 0.2) is 18.2 Å². The number of fused-ring (bicyclic) bond motifs is 1. The zero-order valence-corrected chi connectivity index (χ0v) is 19.5. The number of nitrogens with one attached hydrogen (secondary N) is 4. The third-order valence-electron chi connectivity index (χ3n) is 4.66. The SMILES string of the molecule is CNCCNC(=O)c1c(Nc2ccc(I)cc2F)sc2c1CC(C)(C)CNC2=O. The molecule has 6 nitrogen and oxygen atoms in total. The topological polar surface area (TPSA) is 82.3 Å². The average molecular weight is 530 g/mol. The van der Waals surface area contributed by atoms with Gasteiger partial charge in [0.2, 0.25) is 0 Å². The van der Waals surface area contributed by atoms with Crippen molar-refractivity contribution in [1.29, 1.82) is 0 Å². The molecule has 9 heteroatoms. The van der Waals surface area contributed by atoms with Gasteiger partial charge in [-0.2, -0.15) is 0 Å². The van der Waals surface area contributed by atoms with E-state index in [0.29, 0.717) is 47.1 Å². The summed E-state index contributed by atoms with van der Waals surface area (Å²) in [7, 11) is 1.81. The van der Waals surface area contributed by atoms with Gasteiger partial charge in [-0.15, -0.1) is 11.3 Å². The standard InChI is InChI=1S/C20H24FIN4O2S/c1-20(2)9-12-15(17(27)24-7-6-23-3)19(29-16(12)18(28)25-10-20)26-14-5-4-11(22)8-13(14)21/h4-5,8,23,26H,6-7,9-10H2,1-3H3,(H,24,27)(H,25,28). The van der Waals surface area contributed by atoms with Gasteiger partial charge in [-0.3, -0.25) is 9.59 Å². The van der Waals surface area contributed by atoms with Crippen LogP contribution in [0, 0.1) is 14.8 Å². The molecule has 0 aliphatic carbocycles. The van der Waals surface area contributed by atoms with E-state index in [9.17, 15) is 14.0 Å². The minimum Gasteiger partial charge on any atom is -0.351 e. The number of likely N-dealkylation sites (N-methyl/N-ethyl adjacent to an activating group) is 1. The molecule has 0 bridgehead atoms. The molecule has 0 radical (unpaired) electrons. The quantitative estimate of drug-likeness (QED) is 0.341. The molecule has 1 aliphatic heterocycles. The maximum absolute atomic E-state index is 14.4. The highest BCUT2D eigenvalue weighted by atomic mass is 127. The summed E-state index contributed by atoms with van der Waals surface area (Å²) in [5.74, 6) is -0.875. The molecule has 2 heterocycles. The fourth-order valence-corrected chi connectivity index (χ4v) is 4.79. The Kier molecular flexibility index (Phi) is 6.79. The van der Waals surface area contributed by atoms with E-state index in [4.69, 9.17) is 0 Å². The second kappa shape index (κ2) is 8.97. The maximum Gasteiger partial charge on any atom is 0.261 e. The van der Waals surface area contributed by atoms with Crippen molar-refractivity contribution in [2.45, 2.75) is 20.3 Å². The lowest BCUT2D eigenvalue weighted by Gasteiger charge is -2.22. The zero-order valence-electron chi connectivity index (χ0n) is 16.5. The highest BCUT2D eigenvalue weighted by Crippen LogP contribution is 2.40. The number of benzene rings is 1. The minimum atomic E-state index is -0.410. The maximum atomic E-state index is 14.4. The number of hydrogen-bond donors (Lipinski definition) is 4. The average Bonchev–Trinajstić information content (AvgIpc) is 2.94. The van der Waals surface area contributed by atoms with Crippen LogP contribution in [0.25, 0.3) is 0 Å².